The van der Waals surface area contributed by atoms with Crippen molar-refractivity contribution in [2.75, 3.05) is 0 Å². The van der Waals surface area contributed by atoms with Crippen molar-refractivity contribution < 1.29 is 81.8 Å². The van der Waals surface area contributed by atoms with Crippen molar-refractivity contribution in [2.45, 2.75) is 0 Å². The maximum atomic E-state index is 8.55. The van der Waals surface area contributed by atoms with Crippen molar-refractivity contribution in [3.05, 3.63) is 0 Å². The quantitative estimate of drug-likeness (QED) is 0.311. The van der Waals surface area contributed by atoms with Gasteiger partial charge in [-0.1, -0.05) is 0 Å². The van der Waals surface area contributed by atoms with E-state index in [0.717, 1.165) is 0 Å². The van der Waals surface area contributed by atoms with Crippen LogP contribution in [0.2, 0.25) is 0 Å². The molecular formula is FeO8P2Zr. The van der Waals surface area contributed by atoms with Gasteiger partial charge < -0.3 is 38.5 Å². The van der Waals surface area contributed by atoms with Crippen LogP contribution in [-0.4, -0.2) is 0 Å². The Morgan fingerprint density at radius 1 is 0.667 bits per heavy atom. The molecule has 0 bridgehead atoms. The van der Waals surface area contributed by atoms with E-state index in [1.54, 1.807) is 0 Å². The fraction of sp³-hybridized carbons (Fsp3) is 0. The number of hydrogen-bond acceptors (Lipinski definition) is 8. The van der Waals surface area contributed by atoms with Crippen LogP contribution in [0.25, 0.3) is 0 Å². The second kappa shape index (κ2) is 9.19. The number of rotatable bonds is 0. The molecule has 0 fully saturated rings. The van der Waals surface area contributed by atoms with E-state index in [-0.39, 0.29) is 43.3 Å². The molecule has 0 unspecified atom stereocenters. The molecule has 0 rings (SSSR count). The normalized spacial score (nSPS) is 9.83. The number of phosphoric acid groups is 2. The van der Waals surface area contributed by atoms with E-state index in [9.17, 15) is 0 Å². The van der Waals surface area contributed by atoms with Crippen molar-refractivity contribution >= 4 is 15.6 Å². The number of hydrogen-bond donors (Lipinski definition) is 0. The second-order valence-electron chi connectivity index (χ2n) is 0.894. The summed E-state index contributed by atoms with van der Waals surface area (Å²) in [6.45, 7) is 0. The first kappa shape index (κ1) is 23.4. The summed E-state index contributed by atoms with van der Waals surface area (Å²) in [6, 6.07) is 0. The molecule has 0 aromatic carbocycles. The van der Waals surface area contributed by atoms with Crippen molar-refractivity contribution in [3.8, 4) is 0 Å². The molecule has 0 amide bonds. The van der Waals surface area contributed by atoms with Gasteiger partial charge in [-0.15, -0.1) is 0 Å². The molecule has 0 aromatic heterocycles. The SMILES string of the molecule is O=P([O-])([O-])[O-].O=P([O-])([O-])[O-].[Fe+2].[Zr+4]. The van der Waals surface area contributed by atoms with E-state index < -0.39 is 15.6 Å². The molecule has 0 N–H and O–H groups in total. The molecular weight excluding hydrogens is 337 g/mol. The minimum absolute atomic E-state index is 0. The zero-order valence-corrected chi connectivity index (χ0v) is 10.4. The zero-order chi connectivity index (χ0) is 9.00. The van der Waals surface area contributed by atoms with Gasteiger partial charge in [0.15, 0.2) is 0 Å². The summed E-state index contributed by atoms with van der Waals surface area (Å²) in [5.41, 5.74) is 0. The van der Waals surface area contributed by atoms with Gasteiger partial charge in [-0.2, -0.15) is 15.6 Å². The molecule has 70 valence electrons. The molecule has 0 spiro atoms. The van der Waals surface area contributed by atoms with Gasteiger partial charge in [-0.3, -0.25) is 0 Å². The maximum absolute atomic E-state index is 8.55. The van der Waals surface area contributed by atoms with Crippen molar-refractivity contribution in [1.82, 2.24) is 0 Å². The molecule has 0 aliphatic heterocycles. The van der Waals surface area contributed by atoms with Gasteiger partial charge in [-0.05, 0) is 0 Å². The second-order valence-corrected chi connectivity index (χ2v) is 2.68. The van der Waals surface area contributed by atoms with Crippen molar-refractivity contribution in [1.29, 1.82) is 0 Å². The van der Waals surface area contributed by atoms with Crippen molar-refractivity contribution in [3.63, 3.8) is 0 Å². The third-order valence-electron chi connectivity index (χ3n) is 0. The Labute approximate surface area is 97.1 Å². The molecule has 0 saturated carbocycles. The fourth-order valence-electron chi connectivity index (χ4n) is 0. The van der Waals surface area contributed by atoms with Crippen LogP contribution in [0.1, 0.15) is 0 Å². The zero-order valence-electron chi connectivity index (χ0n) is 5.01. The molecule has 0 atom stereocenters. The van der Waals surface area contributed by atoms with Gasteiger partial charge in [0, 0.05) is 0 Å². The Morgan fingerprint density at radius 2 is 0.667 bits per heavy atom. The Morgan fingerprint density at radius 3 is 0.667 bits per heavy atom. The monoisotopic (exact) mass is 336 g/mol. The molecule has 0 radical (unpaired) electrons. The summed E-state index contributed by atoms with van der Waals surface area (Å²) < 4.78 is 17.1. The Balaban J connectivity index is -0.0000000457. The van der Waals surface area contributed by atoms with Gasteiger partial charge in [0.2, 0.25) is 0 Å². The third-order valence-corrected chi connectivity index (χ3v) is 0. The van der Waals surface area contributed by atoms with Crippen molar-refractivity contribution in [2.24, 2.45) is 0 Å². The summed E-state index contributed by atoms with van der Waals surface area (Å²) in [4.78, 5) is 51.3. The topological polar surface area (TPSA) is 172 Å². The van der Waals surface area contributed by atoms with Gasteiger partial charge in [0.25, 0.3) is 0 Å². The van der Waals surface area contributed by atoms with E-state index in [0.29, 0.717) is 0 Å². The van der Waals surface area contributed by atoms with E-state index in [1.807, 2.05) is 0 Å². The van der Waals surface area contributed by atoms with Gasteiger partial charge >= 0.3 is 43.3 Å². The largest absolute Gasteiger partial charge is 4.00 e. The minimum Gasteiger partial charge on any atom is -0.822 e. The van der Waals surface area contributed by atoms with E-state index in [4.69, 9.17) is 38.5 Å². The van der Waals surface area contributed by atoms with Crippen LogP contribution in [0.3, 0.4) is 0 Å². The average molecular weight is 337 g/mol. The standard InChI is InChI=1S/Fe.2H3O4P.Zr/c;2*1-5(2,3)4;/h;2*(H3,1,2,3,4);/q+2;;;+4/p-6. The molecule has 0 aliphatic rings. The molecule has 0 aromatic rings. The summed E-state index contributed by atoms with van der Waals surface area (Å²) in [6.07, 6.45) is 0. The fourth-order valence-corrected chi connectivity index (χ4v) is 0. The Bertz CT molecular complexity index is 129. The predicted octanol–water partition coefficient (Wildman–Crippen LogP) is -5.65. The summed E-state index contributed by atoms with van der Waals surface area (Å²) in [5, 5.41) is 0. The van der Waals surface area contributed by atoms with E-state index >= 15 is 0 Å². The smallest absolute Gasteiger partial charge is 0.822 e. The summed E-state index contributed by atoms with van der Waals surface area (Å²) >= 11 is 0. The first-order valence-electron chi connectivity index (χ1n) is 1.46. The van der Waals surface area contributed by atoms with Crippen LogP contribution in [0.4, 0.5) is 0 Å². The van der Waals surface area contributed by atoms with Gasteiger partial charge in [-0.25, -0.2) is 0 Å². The van der Waals surface area contributed by atoms with Crippen LogP contribution < -0.4 is 29.4 Å². The van der Waals surface area contributed by atoms with Crippen LogP contribution in [0.15, 0.2) is 0 Å². The molecule has 0 saturated heterocycles. The van der Waals surface area contributed by atoms with Crippen LogP contribution in [0.5, 0.6) is 0 Å². The maximum Gasteiger partial charge on any atom is 4.00 e. The third kappa shape index (κ3) is 498. The Hall–Kier alpha value is 1.62. The molecule has 12 heteroatoms. The minimum atomic E-state index is -5.39. The van der Waals surface area contributed by atoms with Gasteiger partial charge in [0.1, 0.15) is 0 Å². The first-order valence-corrected chi connectivity index (χ1v) is 4.38. The summed E-state index contributed by atoms with van der Waals surface area (Å²) in [5.74, 6) is 0. The average Bonchev–Trinajstić information content (AvgIpc) is 1.12. The molecule has 0 heterocycles. The predicted molar refractivity (Wildman–Crippen MR) is 15.2 cm³/mol. The van der Waals surface area contributed by atoms with Crippen LogP contribution >= 0.6 is 15.6 Å². The molecule has 8 nitrogen and oxygen atoms in total. The van der Waals surface area contributed by atoms with Crippen LogP contribution in [-0.2, 0) is 52.4 Å². The molecule has 0 aliphatic carbocycles. The van der Waals surface area contributed by atoms with Gasteiger partial charge in [0.05, 0.1) is 0 Å². The van der Waals surface area contributed by atoms with E-state index in [2.05, 4.69) is 0 Å². The van der Waals surface area contributed by atoms with Crippen LogP contribution in [0, 0.1) is 0 Å². The summed E-state index contributed by atoms with van der Waals surface area (Å²) in [7, 11) is -10.8. The molecule has 12 heavy (non-hydrogen) atoms. The van der Waals surface area contributed by atoms with E-state index in [1.165, 1.54) is 0 Å². The first-order chi connectivity index (χ1) is 4.00. The Kier molecular flexibility index (Phi) is 17.9.